The van der Waals surface area contributed by atoms with Crippen LogP contribution in [0.3, 0.4) is 0 Å². The number of nitrogens with two attached hydrogens (primary N) is 1. The van der Waals surface area contributed by atoms with Gasteiger partial charge in [0.2, 0.25) is 0 Å². The summed E-state index contributed by atoms with van der Waals surface area (Å²) in [6.45, 7) is 6.74. The highest BCUT2D eigenvalue weighted by Gasteiger charge is 2.11. The third-order valence-corrected chi connectivity index (χ3v) is 2.78. The third-order valence-electron chi connectivity index (χ3n) is 2.78. The van der Waals surface area contributed by atoms with Crippen LogP contribution in [0.5, 0.6) is 5.75 Å². The number of aliphatic hydroxyl groups excluding tert-OH is 1. The summed E-state index contributed by atoms with van der Waals surface area (Å²) < 4.78 is 5.43. The minimum absolute atomic E-state index is 0.162. The number of hydrogen-bond acceptors (Lipinski definition) is 4. The van der Waals surface area contributed by atoms with Gasteiger partial charge in [-0.05, 0) is 25.8 Å². The number of hydrogen-bond donors (Lipinski definition) is 3. The number of rotatable bonds is 6. The van der Waals surface area contributed by atoms with Crippen molar-refractivity contribution in [1.82, 2.24) is 0 Å². The summed E-state index contributed by atoms with van der Waals surface area (Å²) in [5.74, 6) is 0.950. The molecule has 0 aromatic heterocycles. The first-order valence-electron chi connectivity index (χ1n) is 5.97. The molecule has 96 valence electrons. The monoisotopic (exact) mass is 238 g/mol. The Morgan fingerprint density at radius 1 is 1.35 bits per heavy atom. The van der Waals surface area contributed by atoms with Crippen LogP contribution in [0.15, 0.2) is 18.2 Å². The van der Waals surface area contributed by atoms with Crippen LogP contribution in [-0.2, 0) is 0 Å². The average molecular weight is 238 g/mol. The normalized spacial score (nSPS) is 14.1. The number of anilines is 2. The van der Waals surface area contributed by atoms with Crippen molar-refractivity contribution in [2.75, 3.05) is 24.3 Å². The van der Waals surface area contributed by atoms with Gasteiger partial charge in [0.1, 0.15) is 5.75 Å². The molecule has 4 nitrogen and oxygen atoms in total. The first-order chi connectivity index (χ1) is 8.06. The number of benzene rings is 1. The van der Waals surface area contributed by atoms with Crippen molar-refractivity contribution in [3.8, 4) is 5.75 Å². The standard InChI is InChI=1S/C13H22N2O2/c1-4-17-13-6-11(14)5-12(7-13)15-10(3)9(2)8-16/h5-7,9-10,15-16H,4,8,14H2,1-3H3. The number of nitrogen functional groups attached to an aromatic ring is 1. The summed E-state index contributed by atoms with van der Waals surface area (Å²) in [5, 5.41) is 12.4. The highest BCUT2D eigenvalue weighted by Crippen LogP contribution is 2.24. The predicted molar refractivity (Wildman–Crippen MR) is 71.4 cm³/mol. The molecule has 0 aliphatic heterocycles. The molecule has 2 atom stereocenters. The Labute approximate surface area is 103 Å². The number of aliphatic hydroxyl groups is 1. The molecule has 0 radical (unpaired) electrons. The van der Waals surface area contributed by atoms with Gasteiger partial charge in [-0.25, -0.2) is 0 Å². The SMILES string of the molecule is CCOc1cc(N)cc(NC(C)C(C)CO)c1. The largest absolute Gasteiger partial charge is 0.494 e. The van der Waals surface area contributed by atoms with Crippen LogP contribution in [0, 0.1) is 5.92 Å². The molecule has 0 bridgehead atoms. The molecule has 0 amide bonds. The molecule has 4 heteroatoms. The zero-order chi connectivity index (χ0) is 12.8. The Morgan fingerprint density at radius 2 is 2.06 bits per heavy atom. The summed E-state index contributed by atoms with van der Waals surface area (Å²) in [5.41, 5.74) is 7.39. The van der Waals surface area contributed by atoms with E-state index >= 15 is 0 Å². The third kappa shape index (κ3) is 4.15. The lowest BCUT2D eigenvalue weighted by Crippen LogP contribution is -2.26. The van der Waals surface area contributed by atoms with E-state index in [0.717, 1.165) is 11.4 Å². The lowest BCUT2D eigenvalue weighted by atomic mass is 10.0. The Morgan fingerprint density at radius 3 is 2.65 bits per heavy atom. The summed E-state index contributed by atoms with van der Waals surface area (Å²) in [6.07, 6.45) is 0. The zero-order valence-electron chi connectivity index (χ0n) is 10.7. The molecule has 0 fully saturated rings. The maximum Gasteiger partial charge on any atom is 0.123 e. The quantitative estimate of drug-likeness (QED) is 0.664. The number of nitrogens with one attached hydrogen (secondary N) is 1. The predicted octanol–water partition coefficient (Wildman–Crippen LogP) is 2.10. The van der Waals surface area contributed by atoms with E-state index in [-0.39, 0.29) is 18.6 Å². The van der Waals surface area contributed by atoms with Gasteiger partial charge in [0.05, 0.1) is 6.61 Å². The molecule has 1 aromatic rings. The highest BCUT2D eigenvalue weighted by atomic mass is 16.5. The highest BCUT2D eigenvalue weighted by molar-refractivity contribution is 5.59. The second-order valence-electron chi connectivity index (χ2n) is 4.32. The fourth-order valence-electron chi connectivity index (χ4n) is 1.52. The molecule has 0 spiro atoms. The molecule has 0 aliphatic carbocycles. The first kappa shape index (κ1) is 13.6. The van der Waals surface area contributed by atoms with Gasteiger partial charge in [0.25, 0.3) is 0 Å². The van der Waals surface area contributed by atoms with Crippen LogP contribution in [0.2, 0.25) is 0 Å². The maximum atomic E-state index is 9.09. The summed E-state index contributed by atoms with van der Waals surface area (Å²) in [4.78, 5) is 0. The molecular formula is C13H22N2O2. The zero-order valence-corrected chi connectivity index (χ0v) is 10.7. The van der Waals surface area contributed by atoms with Gasteiger partial charge in [0, 0.05) is 36.2 Å². The molecule has 0 saturated heterocycles. The van der Waals surface area contributed by atoms with E-state index in [4.69, 9.17) is 15.6 Å². The van der Waals surface area contributed by atoms with Gasteiger partial charge < -0.3 is 20.9 Å². The molecule has 0 heterocycles. The van der Waals surface area contributed by atoms with Crippen molar-refractivity contribution in [2.45, 2.75) is 26.8 Å². The van der Waals surface area contributed by atoms with Crippen molar-refractivity contribution in [2.24, 2.45) is 5.92 Å². The second-order valence-corrected chi connectivity index (χ2v) is 4.32. The van der Waals surface area contributed by atoms with E-state index in [1.54, 1.807) is 6.07 Å². The van der Waals surface area contributed by atoms with Gasteiger partial charge in [-0.2, -0.15) is 0 Å². The van der Waals surface area contributed by atoms with Crippen molar-refractivity contribution in [1.29, 1.82) is 0 Å². The van der Waals surface area contributed by atoms with E-state index < -0.39 is 0 Å². The lowest BCUT2D eigenvalue weighted by molar-refractivity contribution is 0.226. The molecule has 4 N–H and O–H groups in total. The van der Waals surface area contributed by atoms with Crippen LogP contribution >= 0.6 is 0 Å². The maximum absolute atomic E-state index is 9.09. The minimum atomic E-state index is 0.162. The fraction of sp³-hybridized carbons (Fsp3) is 0.538. The van der Waals surface area contributed by atoms with Gasteiger partial charge >= 0.3 is 0 Å². The van der Waals surface area contributed by atoms with Crippen LogP contribution in [0.1, 0.15) is 20.8 Å². The molecule has 2 unspecified atom stereocenters. The Kier molecular flexibility index (Phi) is 5.10. The lowest BCUT2D eigenvalue weighted by Gasteiger charge is -2.21. The van der Waals surface area contributed by atoms with E-state index in [9.17, 15) is 0 Å². The Hall–Kier alpha value is -1.42. The first-order valence-corrected chi connectivity index (χ1v) is 5.97. The van der Waals surface area contributed by atoms with Gasteiger partial charge in [0.15, 0.2) is 0 Å². The van der Waals surface area contributed by atoms with Crippen LogP contribution in [0.4, 0.5) is 11.4 Å². The average Bonchev–Trinajstić information content (AvgIpc) is 2.27. The van der Waals surface area contributed by atoms with Crippen molar-refractivity contribution >= 4 is 11.4 Å². The smallest absolute Gasteiger partial charge is 0.123 e. The fourth-order valence-corrected chi connectivity index (χ4v) is 1.52. The van der Waals surface area contributed by atoms with Crippen LogP contribution in [0.25, 0.3) is 0 Å². The second kappa shape index (κ2) is 6.35. The molecular weight excluding hydrogens is 216 g/mol. The Balaban J connectivity index is 2.76. The summed E-state index contributed by atoms with van der Waals surface area (Å²) >= 11 is 0. The minimum Gasteiger partial charge on any atom is -0.494 e. The number of ether oxygens (including phenoxy) is 1. The van der Waals surface area contributed by atoms with Gasteiger partial charge in [-0.15, -0.1) is 0 Å². The molecule has 0 aliphatic rings. The van der Waals surface area contributed by atoms with Crippen molar-refractivity contribution < 1.29 is 9.84 Å². The van der Waals surface area contributed by atoms with E-state index in [0.29, 0.717) is 12.3 Å². The summed E-state index contributed by atoms with van der Waals surface area (Å²) in [6, 6.07) is 5.76. The molecule has 1 rings (SSSR count). The topological polar surface area (TPSA) is 67.5 Å². The van der Waals surface area contributed by atoms with Gasteiger partial charge in [-0.3, -0.25) is 0 Å². The molecule has 0 saturated carbocycles. The molecule has 1 aromatic carbocycles. The van der Waals surface area contributed by atoms with Gasteiger partial charge in [-0.1, -0.05) is 6.92 Å². The van der Waals surface area contributed by atoms with Crippen molar-refractivity contribution in [3.63, 3.8) is 0 Å². The Bertz CT molecular complexity index is 355. The van der Waals surface area contributed by atoms with Crippen LogP contribution < -0.4 is 15.8 Å². The van der Waals surface area contributed by atoms with Crippen molar-refractivity contribution in [3.05, 3.63) is 18.2 Å². The van der Waals surface area contributed by atoms with Crippen LogP contribution in [-0.4, -0.2) is 24.4 Å². The van der Waals surface area contributed by atoms with E-state index in [1.807, 2.05) is 32.9 Å². The molecule has 17 heavy (non-hydrogen) atoms. The van der Waals surface area contributed by atoms with E-state index in [2.05, 4.69) is 5.32 Å². The summed E-state index contributed by atoms with van der Waals surface area (Å²) in [7, 11) is 0. The van der Waals surface area contributed by atoms with E-state index in [1.165, 1.54) is 0 Å².